The molecule has 1 atom stereocenters. The van der Waals surface area contributed by atoms with Crippen molar-refractivity contribution >= 4 is 5.82 Å². The summed E-state index contributed by atoms with van der Waals surface area (Å²) in [5.41, 5.74) is 8.40. The van der Waals surface area contributed by atoms with Gasteiger partial charge in [0.15, 0.2) is 0 Å². The Bertz CT molecular complexity index is 362. The van der Waals surface area contributed by atoms with Crippen molar-refractivity contribution in [2.24, 2.45) is 5.73 Å². The zero-order chi connectivity index (χ0) is 11.5. The maximum absolute atomic E-state index is 5.68. The van der Waals surface area contributed by atoms with Gasteiger partial charge in [0.05, 0.1) is 0 Å². The van der Waals surface area contributed by atoms with E-state index in [-0.39, 0.29) is 0 Å². The summed E-state index contributed by atoms with van der Waals surface area (Å²) in [6, 6.07) is 4.70. The van der Waals surface area contributed by atoms with Crippen LogP contribution in [-0.2, 0) is 12.8 Å². The Morgan fingerprint density at radius 2 is 2.12 bits per heavy atom. The van der Waals surface area contributed by atoms with Crippen LogP contribution in [0, 0.1) is 0 Å². The molecular formula is C13H21N3. The topological polar surface area (TPSA) is 42.1 Å². The molecule has 2 N–H and O–H groups in total. The minimum absolute atomic E-state index is 0.342. The fraction of sp³-hybridized carbons (Fsp3) is 0.615. The first-order valence-corrected chi connectivity index (χ1v) is 6.14. The molecule has 1 aromatic heterocycles. The van der Waals surface area contributed by atoms with Crippen molar-refractivity contribution in [1.82, 2.24) is 4.98 Å². The van der Waals surface area contributed by atoms with Crippen LogP contribution in [0.15, 0.2) is 12.1 Å². The summed E-state index contributed by atoms with van der Waals surface area (Å²) in [7, 11) is 2.06. The average Bonchev–Trinajstić information content (AvgIpc) is 2.36. The second-order valence-electron chi connectivity index (χ2n) is 4.68. The second-order valence-corrected chi connectivity index (χ2v) is 4.68. The first-order chi connectivity index (χ1) is 7.72. The van der Waals surface area contributed by atoms with Crippen LogP contribution in [0.25, 0.3) is 0 Å². The summed E-state index contributed by atoms with van der Waals surface area (Å²) >= 11 is 0. The molecule has 0 aliphatic heterocycles. The van der Waals surface area contributed by atoms with Gasteiger partial charge in [-0.05, 0) is 44.2 Å². The summed E-state index contributed by atoms with van der Waals surface area (Å²) < 4.78 is 0. The van der Waals surface area contributed by atoms with Crippen molar-refractivity contribution in [2.45, 2.75) is 38.6 Å². The largest absolute Gasteiger partial charge is 0.356 e. The summed E-state index contributed by atoms with van der Waals surface area (Å²) in [5.74, 6) is 1.05. The molecule has 0 aromatic carbocycles. The highest BCUT2D eigenvalue weighted by Crippen LogP contribution is 2.22. The van der Waals surface area contributed by atoms with Gasteiger partial charge in [-0.1, -0.05) is 6.07 Å². The molecule has 1 aliphatic rings. The van der Waals surface area contributed by atoms with Crippen LogP contribution in [0.4, 0.5) is 5.82 Å². The third kappa shape index (κ3) is 2.19. The number of rotatable bonds is 3. The van der Waals surface area contributed by atoms with E-state index < -0.39 is 0 Å². The summed E-state index contributed by atoms with van der Waals surface area (Å²) in [6.07, 6.45) is 4.91. The number of nitrogens with two attached hydrogens (primary N) is 1. The van der Waals surface area contributed by atoms with Gasteiger partial charge >= 0.3 is 0 Å². The number of anilines is 1. The predicted octanol–water partition coefficient (Wildman–Crippen LogP) is 1.74. The van der Waals surface area contributed by atoms with Crippen molar-refractivity contribution < 1.29 is 0 Å². The minimum atomic E-state index is 0.342. The lowest BCUT2D eigenvalue weighted by atomic mass is 9.96. The number of aromatic nitrogens is 1. The highest BCUT2D eigenvalue weighted by atomic mass is 15.2. The van der Waals surface area contributed by atoms with Gasteiger partial charge in [0.25, 0.3) is 0 Å². The van der Waals surface area contributed by atoms with E-state index in [1.165, 1.54) is 30.5 Å². The van der Waals surface area contributed by atoms with Crippen LogP contribution < -0.4 is 10.6 Å². The summed E-state index contributed by atoms with van der Waals surface area (Å²) in [6.45, 7) is 2.79. The van der Waals surface area contributed by atoms with Crippen molar-refractivity contribution in [3.8, 4) is 0 Å². The smallest absolute Gasteiger partial charge is 0.128 e. The molecule has 88 valence electrons. The van der Waals surface area contributed by atoms with Crippen LogP contribution >= 0.6 is 0 Å². The highest BCUT2D eigenvalue weighted by molar-refractivity contribution is 5.42. The summed E-state index contributed by atoms with van der Waals surface area (Å²) in [4.78, 5) is 6.91. The lowest BCUT2D eigenvalue weighted by Gasteiger charge is -2.26. The normalized spacial score (nSPS) is 16.7. The van der Waals surface area contributed by atoms with Crippen molar-refractivity contribution in [3.63, 3.8) is 0 Å². The summed E-state index contributed by atoms with van der Waals surface area (Å²) in [5, 5.41) is 0. The molecule has 1 aromatic rings. The van der Waals surface area contributed by atoms with E-state index in [4.69, 9.17) is 10.7 Å². The van der Waals surface area contributed by atoms with Gasteiger partial charge in [-0.2, -0.15) is 0 Å². The molecule has 0 saturated carbocycles. The third-order valence-corrected chi connectivity index (χ3v) is 3.53. The standard InChI is InChI=1S/C13H21N3/c1-10(9-14)16(2)13-8-7-11-5-3-4-6-12(11)15-13/h7-8,10H,3-6,9,14H2,1-2H3. The number of hydrogen-bond acceptors (Lipinski definition) is 3. The van der Waals surface area contributed by atoms with Crippen LogP contribution in [0.3, 0.4) is 0 Å². The van der Waals surface area contributed by atoms with Gasteiger partial charge in [0.2, 0.25) is 0 Å². The first-order valence-electron chi connectivity index (χ1n) is 6.14. The van der Waals surface area contributed by atoms with E-state index in [0.717, 1.165) is 12.2 Å². The van der Waals surface area contributed by atoms with E-state index in [1.54, 1.807) is 0 Å². The van der Waals surface area contributed by atoms with E-state index in [1.807, 2.05) is 0 Å². The Balaban J connectivity index is 2.22. The second kappa shape index (κ2) is 4.83. The van der Waals surface area contributed by atoms with Crippen LogP contribution in [-0.4, -0.2) is 24.6 Å². The minimum Gasteiger partial charge on any atom is -0.356 e. The maximum Gasteiger partial charge on any atom is 0.128 e. The first kappa shape index (κ1) is 11.4. The number of nitrogens with zero attached hydrogens (tertiary/aromatic N) is 2. The quantitative estimate of drug-likeness (QED) is 0.842. The molecule has 3 heteroatoms. The molecule has 16 heavy (non-hydrogen) atoms. The molecule has 0 bridgehead atoms. The Morgan fingerprint density at radius 1 is 1.38 bits per heavy atom. The Kier molecular flexibility index (Phi) is 3.44. The van der Waals surface area contributed by atoms with Crippen molar-refractivity contribution in [1.29, 1.82) is 0 Å². The Hall–Kier alpha value is -1.09. The molecular weight excluding hydrogens is 198 g/mol. The molecule has 0 spiro atoms. The van der Waals surface area contributed by atoms with E-state index >= 15 is 0 Å². The fourth-order valence-electron chi connectivity index (χ4n) is 2.15. The highest BCUT2D eigenvalue weighted by Gasteiger charge is 2.14. The molecule has 0 saturated heterocycles. The van der Waals surface area contributed by atoms with Crippen molar-refractivity contribution in [3.05, 3.63) is 23.4 Å². The van der Waals surface area contributed by atoms with Gasteiger partial charge in [-0.25, -0.2) is 4.98 Å². The number of fused-ring (bicyclic) bond motifs is 1. The van der Waals surface area contributed by atoms with Gasteiger partial charge in [-0.3, -0.25) is 0 Å². The number of hydrogen-bond donors (Lipinski definition) is 1. The average molecular weight is 219 g/mol. The molecule has 1 unspecified atom stereocenters. The zero-order valence-electron chi connectivity index (χ0n) is 10.2. The van der Waals surface area contributed by atoms with Gasteiger partial charge in [0.1, 0.15) is 5.82 Å². The van der Waals surface area contributed by atoms with Crippen molar-refractivity contribution in [2.75, 3.05) is 18.5 Å². The van der Waals surface area contributed by atoms with Gasteiger partial charge in [0, 0.05) is 25.3 Å². The zero-order valence-corrected chi connectivity index (χ0v) is 10.2. The maximum atomic E-state index is 5.68. The number of aryl methyl sites for hydroxylation is 2. The molecule has 1 heterocycles. The monoisotopic (exact) mass is 219 g/mol. The van der Waals surface area contributed by atoms with Gasteiger partial charge < -0.3 is 10.6 Å². The van der Waals surface area contributed by atoms with Gasteiger partial charge in [-0.15, -0.1) is 0 Å². The molecule has 3 nitrogen and oxygen atoms in total. The SMILES string of the molecule is CC(CN)N(C)c1ccc2c(n1)CCCC2. The van der Waals surface area contributed by atoms with E-state index in [2.05, 4.69) is 31.0 Å². The molecule has 0 amide bonds. The fourth-order valence-corrected chi connectivity index (χ4v) is 2.15. The molecule has 0 radical (unpaired) electrons. The number of likely N-dealkylation sites (N-methyl/N-ethyl adjacent to an activating group) is 1. The Morgan fingerprint density at radius 3 is 2.88 bits per heavy atom. The molecule has 0 fully saturated rings. The van der Waals surface area contributed by atoms with E-state index in [0.29, 0.717) is 12.6 Å². The predicted molar refractivity (Wildman–Crippen MR) is 67.8 cm³/mol. The lowest BCUT2D eigenvalue weighted by molar-refractivity contribution is 0.654. The van der Waals surface area contributed by atoms with Crippen LogP contribution in [0.2, 0.25) is 0 Å². The molecule has 2 rings (SSSR count). The van der Waals surface area contributed by atoms with Crippen LogP contribution in [0.1, 0.15) is 31.0 Å². The lowest BCUT2D eigenvalue weighted by Crippen LogP contribution is -2.36. The number of pyridine rings is 1. The third-order valence-electron chi connectivity index (χ3n) is 3.53. The Labute approximate surface area is 97.7 Å². The van der Waals surface area contributed by atoms with Crippen LogP contribution in [0.5, 0.6) is 0 Å². The van der Waals surface area contributed by atoms with E-state index in [9.17, 15) is 0 Å². The molecule has 1 aliphatic carbocycles.